The first-order chi connectivity index (χ1) is 9.65. The van der Waals surface area contributed by atoms with E-state index >= 15 is 0 Å². The maximum atomic E-state index is 12.7. The standard InChI is InChI=1S/C18H17BrO/c1-12-6-9-16(19)11-17(12)18(20)15-8-7-13-4-2-3-5-14(13)10-15/h6-11H,2-5H2,1H3. The molecular formula is C18H17BrO. The van der Waals surface area contributed by atoms with Gasteiger partial charge in [0.15, 0.2) is 5.78 Å². The highest BCUT2D eigenvalue weighted by Crippen LogP contribution is 2.25. The van der Waals surface area contributed by atoms with Gasteiger partial charge in [-0.15, -0.1) is 0 Å². The van der Waals surface area contributed by atoms with Crippen molar-refractivity contribution in [2.45, 2.75) is 32.6 Å². The molecule has 2 aromatic rings. The van der Waals surface area contributed by atoms with Crippen molar-refractivity contribution in [2.75, 3.05) is 0 Å². The third-order valence-corrected chi connectivity index (χ3v) is 4.55. The fourth-order valence-corrected chi connectivity index (χ4v) is 3.23. The second kappa shape index (κ2) is 5.53. The number of hydrogen-bond acceptors (Lipinski definition) is 1. The number of benzene rings is 2. The SMILES string of the molecule is Cc1ccc(Br)cc1C(=O)c1ccc2c(c1)CCCC2. The zero-order valence-electron chi connectivity index (χ0n) is 11.6. The molecule has 0 unspecified atom stereocenters. The molecule has 1 nitrogen and oxygen atoms in total. The molecule has 2 aromatic carbocycles. The first-order valence-electron chi connectivity index (χ1n) is 7.08. The highest BCUT2D eigenvalue weighted by molar-refractivity contribution is 9.10. The third kappa shape index (κ3) is 2.57. The van der Waals surface area contributed by atoms with E-state index in [1.165, 1.54) is 24.0 Å². The molecule has 20 heavy (non-hydrogen) atoms. The van der Waals surface area contributed by atoms with Gasteiger partial charge in [0.05, 0.1) is 0 Å². The largest absolute Gasteiger partial charge is 0.289 e. The molecule has 0 bridgehead atoms. The highest BCUT2D eigenvalue weighted by atomic mass is 79.9. The molecule has 0 fully saturated rings. The van der Waals surface area contributed by atoms with Crippen molar-refractivity contribution in [2.24, 2.45) is 0 Å². The van der Waals surface area contributed by atoms with Crippen molar-refractivity contribution in [3.63, 3.8) is 0 Å². The number of carbonyl (C=O) groups excluding carboxylic acids is 1. The van der Waals surface area contributed by atoms with Gasteiger partial charge in [-0.1, -0.05) is 34.1 Å². The number of hydrogen-bond donors (Lipinski definition) is 0. The molecule has 1 aliphatic carbocycles. The highest BCUT2D eigenvalue weighted by Gasteiger charge is 2.15. The fraction of sp³-hybridized carbons (Fsp3) is 0.278. The predicted molar refractivity (Wildman–Crippen MR) is 85.4 cm³/mol. The lowest BCUT2D eigenvalue weighted by Gasteiger charge is -2.16. The lowest BCUT2D eigenvalue weighted by atomic mass is 9.88. The van der Waals surface area contributed by atoms with E-state index in [2.05, 4.69) is 28.1 Å². The van der Waals surface area contributed by atoms with Gasteiger partial charge >= 0.3 is 0 Å². The first kappa shape index (κ1) is 13.6. The molecule has 2 heteroatoms. The van der Waals surface area contributed by atoms with Crippen molar-refractivity contribution in [3.05, 3.63) is 68.7 Å². The molecule has 1 aliphatic rings. The lowest BCUT2D eigenvalue weighted by Crippen LogP contribution is -2.08. The van der Waals surface area contributed by atoms with Gasteiger partial charge < -0.3 is 0 Å². The molecule has 0 spiro atoms. The number of carbonyl (C=O) groups is 1. The van der Waals surface area contributed by atoms with E-state index in [9.17, 15) is 4.79 Å². The second-order valence-corrected chi connectivity index (χ2v) is 6.39. The minimum atomic E-state index is 0.122. The Balaban J connectivity index is 2.00. The zero-order valence-corrected chi connectivity index (χ0v) is 13.2. The Hall–Kier alpha value is -1.41. The minimum Gasteiger partial charge on any atom is -0.289 e. The van der Waals surface area contributed by atoms with E-state index in [0.717, 1.165) is 34.0 Å². The van der Waals surface area contributed by atoms with E-state index < -0.39 is 0 Å². The Labute approximate surface area is 128 Å². The van der Waals surface area contributed by atoms with Crippen molar-refractivity contribution in [1.29, 1.82) is 0 Å². The van der Waals surface area contributed by atoms with Gasteiger partial charge in [0.1, 0.15) is 0 Å². The van der Waals surface area contributed by atoms with Crippen LogP contribution in [0.15, 0.2) is 40.9 Å². The van der Waals surface area contributed by atoms with E-state index in [1.807, 2.05) is 31.2 Å². The quantitative estimate of drug-likeness (QED) is 0.719. The molecule has 0 aromatic heterocycles. The molecule has 0 amide bonds. The average molecular weight is 329 g/mol. The summed E-state index contributed by atoms with van der Waals surface area (Å²) < 4.78 is 0.949. The summed E-state index contributed by atoms with van der Waals surface area (Å²) in [4.78, 5) is 12.7. The Morgan fingerprint density at radius 2 is 1.75 bits per heavy atom. The molecule has 102 valence electrons. The third-order valence-electron chi connectivity index (χ3n) is 4.05. The number of ketones is 1. The molecule has 0 atom stereocenters. The molecule has 0 radical (unpaired) electrons. The summed E-state index contributed by atoms with van der Waals surface area (Å²) in [5, 5.41) is 0. The maximum absolute atomic E-state index is 12.7. The topological polar surface area (TPSA) is 17.1 Å². The Kier molecular flexibility index (Phi) is 3.75. The molecule has 0 N–H and O–H groups in total. The van der Waals surface area contributed by atoms with Gasteiger partial charge in [0.25, 0.3) is 0 Å². The van der Waals surface area contributed by atoms with E-state index in [4.69, 9.17) is 0 Å². The number of rotatable bonds is 2. The van der Waals surface area contributed by atoms with Gasteiger partial charge in [-0.25, -0.2) is 0 Å². The number of fused-ring (bicyclic) bond motifs is 1. The van der Waals surface area contributed by atoms with Crippen molar-refractivity contribution in [1.82, 2.24) is 0 Å². The monoisotopic (exact) mass is 328 g/mol. The van der Waals surface area contributed by atoms with Gasteiger partial charge in [-0.2, -0.15) is 0 Å². The van der Waals surface area contributed by atoms with Crippen LogP contribution in [0.3, 0.4) is 0 Å². The predicted octanol–water partition coefficient (Wildman–Crippen LogP) is 4.87. The maximum Gasteiger partial charge on any atom is 0.193 e. The molecule has 0 heterocycles. The Morgan fingerprint density at radius 3 is 2.55 bits per heavy atom. The molecule has 3 rings (SSSR count). The minimum absolute atomic E-state index is 0.122. The summed E-state index contributed by atoms with van der Waals surface area (Å²) in [5.41, 5.74) is 5.39. The summed E-state index contributed by atoms with van der Waals surface area (Å²) in [6.07, 6.45) is 4.76. The molecule has 0 saturated carbocycles. The first-order valence-corrected chi connectivity index (χ1v) is 7.87. The van der Waals surface area contributed by atoms with Crippen molar-refractivity contribution in [3.8, 4) is 0 Å². The smallest absolute Gasteiger partial charge is 0.193 e. The van der Waals surface area contributed by atoms with Crippen LogP contribution in [0.1, 0.15) is 45.5 Å². The molecule has 0 saturated heterocycles. The number of aryl methyl sites for hydroxylation is 3. The van der Waals surface area contributed by atoms with E-state index in [0.29, 0.717) is 0 Å². The van der Waals surface area contributed by atoms with Crippen LogP contribution >= 0.6 is 15.9 Å². The summed E-state index contributed by atoms with van der Waals surface area (Å²) >= 11 is 3.45. The average Bonchev–Trinajstić information content (AvgIpc) is 2.48. The molecule has 0 aliphatic heterocycles. The molecular weight excluding hydrogens is 312 g/mol. The van der Waals surface area contributed by atoms with E-state index in [-0.39, 0.29) is 5.78 Å². The number of halogens is 1. The van der Waals surface area contributed by atoms with Crippen LogP contribution in [0, 0.1) is 6.92 Å². The van der Waals surface area contributed by atoms with Gasteiger partial charge in [0.2, 0.25) is 0 Å². The van der Waals surface area contributed by atoms with E-state index in [1.54, 1.807) is 0 Å². The normalized spacial score (nSPS) is 13.9. The van der Waals surface area contributed by atoms with Gasteiger partial charge in [-0.3, -0.25) is 4.79 Å². The van der Waals surface area contributed by atoms with Crippen LogP contribution in [0.4, 0.5) is 0 Å². The summed E-state index contributed by atoms with van der Waals surface area (Å²) in [6.45, 7) is 1.98. The van der Waals surface area contributed by atoms with Crippen LogP contribution in [0.2, 0.25) is 0 Å². The Morgan fingerprint density at radius 1 is 1.00 bits per heavy atom. The lowest BCUT2D eigenvalue weighted by molar-refractivity contribution is 0.103. The summed E-state index contributed by atoms with van der Waals surface area (Å²) in [6, 6.07) is 12.1. The second-order valence-electron chi connectivity index (χ2n) is 5.48. The van der Waals surface area contributed by atoms with Gasteiger partial charge in [0, 0.05) is 15.6 Å². The van der Waals surface area contributed by atoms with Crippen LogP contribution < -0.4 is 0 Å². The summed E-state index contributed by atoms with van der Waals surface area (Å²) in [7, 11) is 0. The summed E-state index contributed by atoms with van der Waals surface area (Å²) in [5.74, 6) is 0.122. The zero-order chi connectivity index (χ0) is 14.1. The van der Waals surface area contributed by atoms with Gasteiger partial charge in [-0.05, 0) is 67.5 Å². The Bertz CT molecular complexity index is 673. The van der Waals surface area contributed by atoms with Crippen LogP contribution in [0.5, 0.6) is 0 Å². The van der Waals surface area contributed by atoms with Crippen LogP contribution in [-0.4, -0.2) is 5.78 Å². The van der Waals surface area contributed by atoms with Crippen LogP contribution in [0.25, 0.3) is 0 Å². The van der Waals surface area contributed by atoms with Crippen LogP contribution in [-0.2, 0) is 12.8 Å². The van der Waals surface area contributed by atoms with Crippen molar-refractivity contribution >= 4 is 21.7 Å². The van der Waals surface area contributed by atoms with Crippen molar-refractivity contribution < 1.29 is 4.79 Å². The fourth-order valence-electron chi connectivity index (χ4n) is 2.87.